The fraction of sp³-hybridized carbons (Fsp3) is 0.643. The second-order valence-electron chi connectivity index (χ2n) is 5.78. The normalized spacial score (nSPS) is 27.8. The lowest BCUT2D eigenvalue weighted by Gasteiger charge is -2.26. The van der Waals surface area contributed by atoms with Gasteiger partial charge in [0.05, 0.1) is 17.5 Å². The van der Waals surface area contributed by atoms with Crippen LogP contribution in [0.25, 0.3) is 0 Å². The Morgan fingerprint density at radius 3 is 3.14 bits per heavy atom. The molecule has 1 aromatic heterocycles. The quantitative estimate of drug-likeness (QED) is 0.869. The maximum Gasteiger partial charge on any atom is 0.222 e. The Morgan fingerprint density at radius 1 is 1.48 bits per heavy atom. The predicted octanol–water partition coefficient (Wildman–Crippen LogP) is 1.02. The zero-order valence-corrected chi connectivity index (χ0v) is 13.4. The molecule has 1 amide bonds. The summed E-state index contributed by atoms with van der Waals surface area (Å²) in [4.78, 5) is 13.5. The molecule has 1 fully saturated rings. The zero-order chi connectivity index (χ0) is 14.9. The molecular formula is C14H20N2O3S2. The van der Waals surface area contributed by atoms with Gasteiger partial charge in [-0.3, -0.25) is 4.79 Å². The van der Waals surface area contributed by atoms with Crippen LogP contribution in [0.3, 0.4) is 0 Å². The Hall–Kier alpha value is -0.920. The van der Waals surface area contributed by atoms with Crippen LogP contribution in [0.15, 0.2) is 11.4 Å². The Bertz CT molecular complexity index is 624. The van der Waals surface area contributed by atoms with Crippen molar-refractivity contribution >= 4 is 27.1 Å². The van der Waals surface area contributed by atoms with Crippen molar-refractivity contribution in [2.75, 3.05) is 18.1 Å². The first kappa shape index (κ1) is 15.0. The molecule has 7 heteroatoms. The molecule has 0 spiro atoms. The molecule has 3 rings (SSSR count). The molecule has 5 nitrogen and oxygen atoms in total. The van der Waals surface area contributed by atoms with Gasteiger partial charge in [0, 0.05) is 23.9 Å². The number of hydrogen-bond donors (Lipinski definition) is 2. The molecule has 2 heterocycles. The maximum absolute atomic E-state index is 12.2. The van der Waals surface area contributed by atoms with Crippen molar-refractivity contribution in [3.63, 3.8) is 0 Å². The number of fused-ring (bicyclic) bond motifs is 1. The fourth-order valence-corrected chi connectivity index (χ4v) is 5.54. The van der Waals surface area contributed by atoms with E-state index in [0.29, 0.717) is 6.54 Å². The Balaban J connectivity index is 1.58. The van der Waals surface area contributed by atoms with Crippen LogP contribution in [0.4, 0.5) is 0 Å². The van der Waals surface area contributed by atoms with E-state index in [1.54, 1.807) is 11.3 Å². The van der Waals surface area contributed by atoms with Gasteiger partial charge in [-0.2, -0.15) is 0 Å². The van der Waals surface area contributed by atoms with Crippen molar-refractivity contribution in [1.82, 2.24) is 10.6 Å². The number of sulfone groups is 1. The van der Waals surface area contributed by atoms with Gasteiger partial charge in [0.15, 0.2) is 9.84 Å². The summed E-state index contributed by atoms with van der Waals surface area (Å²) < 4.78 is 23.2. The zero-order valence-electron chi connectivity index (χ0n) is 11.8. The first-order chi connectivity index (χ1) is 10.0. The number of carbonyl (C=O) groups excluding carboxylic acids is 1. The topological polar surface area (TPSA) is 75.3 Å². The third-order valence-corrected chi connectivity index (χ3v) is 6.85. The molecule has 1 aliphatic carbocycles. The van der Waals surface area contributed by atoms with Gasteiger partial charge in [0.2, 0.25) is 5.91 Å². The van der Waals surface area contributed by atoms with E-state index in [9.17, 15) is 13.2 Å². The van der Waals surface area contributed by atoms with E-state index in [2.05, 4.69) is 22.1 Å². The van der Waals surface area contributed by atoms with Crippen LogP contribution in [-0.4, -0.2) is 38.4 Å². The average molecular weight is 328 g/mol. The molecule has 2 atom stereocenters. The standard InChI is InChI=1S/C14H20N2O3S2/c17-14(8-10-9-21(18,19)7-5-15-10)16-12-2-1-3-13-11(12)4-6-20-13/h4,6,10,12,15H,1-3,5,7-9H2,(H,16,17). The van der Waals surface area contributed by atoms with E-state index < -0.39 is 9.84 Å². The van der Waals surface area contributed by atoms with Crippen molar-refractivity contribution in [2.24, 2.45) is 0 Å². The summed E-state index contributed by atoms with van der Waals surface area (Å²) in [5.74, 6) is 0.175. The Kier molecular flexibility index (Phi) is 4.33. The monoisotopic (exact) mass is 328 g/mol. The van der Waals surface area contributed by atoms with Gasteiger partial charge >= 0.3 is 0 Å². The summed E-state index contributed by atoms with van der Waals surface area (Å²) >= 11 is 1.75. The highest BCUT2D eigenvalue weighted by Gasteiger charge is 2.28. The number of hydrogen-bond acceptors (Lipinski definition) is 5. The van der Waals surface area contributed by atoms with Crippen molar-refractivity contribution in [3.8, 4) is 0 Å². The minimum atomic E-state index is -2.99. The highest BCUT2D eigenvalue weighted by atomic mass is 32.2. The molecule has 2 aliphatic rings. The van der Waals surface area contributed by atoms with Crippen LogP contribution >= 0.6 is 11.3 Å². The van der Waals surface area contributed by atoms with Crippen molar-refractivity contribution < 1.29 is 13.2 Å². The molecule has 116 valence electrons. The van der Waals surface area contributed by atoms with Crippen molar-refractivity contribution in [3.05, 3.63) is 21.9 Å². The third-order valence-electron chi connectivity index (χ3n) is 4.12. The van der Waals surface area contributed by atoms with Gasteiger partial charge in [-0.1, -0.05) is 0 Å². The molecule has 2 unspecified atom stereocenters. The summed E-state index contributed by atoms with van der Waals surface area (Å²) in [6, 6.07) is 1.93. The molecule has 0 saturated carbocycles. The number of nitrogens with one attached hydrogen (secondary N) is 2. The minimum Gasteiger partial charge on any atom is -0.349 e. The van der Waals surface area contributed by atoms with Crippen LogP contribution < -0.4 is 10.6 Å². The third kappa shape index (κ3) is 3.64. The number of aryl methyl sites for hydroxylation is 1. The summed E-state index contributed by atoms with van der Waals surface area (Å²) in [6.45, 7) is 0.443. The van der Waals surface area contributed by atoms with Crippen molar-refractivity contribution in [1.29, 1.82) is 0 Å². The molecule has 0 bridgehead atoms. The minimum absolute atomic E-state index is 0.0614. The first-order valence-corrected chi connectivity index (χ1v) is 10.0. The van der Waals surface area contributed by atoms with E-state index >= 15 is 0 Å². The molecule has 1 aliphatic heterocycles. The predicted molar refractivity (Wildman–Crippen MR) is 83.2 cm³/mol. The van der Waals surface area contributed by atoms with Gasteiger partial charge in [0.1, 0.15) is 0 Å². The molecule has 21 heavy (non-hydrogen) atoms. The molecule has 1 saturated heterocycles. The van der Waals surface area contributed by atoms with Gasteiger partial charge in [-0.05, 0) is 36.3 Å². The second kappa shape index (κ2) is 6.06. The van der Waals surface area contributed by atoms with Gasteiger partial charge in [-0.25, -0.2) is 8.42 Å². The second-order valence-corrected chi connectivity index (χ2v) is 9.01. The van der Waals surface area contributed by atoms with Crippen LogP contribution in [0, 0.1) is 0 Å². The van der Waals surface area contributed by atoms with E-state index in [0.717, 1.165) is 19.3 Å². The van der Waals surface area contributed by atoms with Crippen LogP contribution in [0.1, 0.15) is 35.7 Å². The van der Waals surface area contributed by atoms with Gasteiger partial charge in [0.25, 0.3) is 0 Å². The first-order valence-electron chi connectivity index (χ1n) is 7.33. The SMILES string of the molecule is O=C(CC1CS(=O)(=O)CCN1)NC1CCCc2sccc21. The lowest BCUT2D eigenvalue weighted by atomic mass is 9.94. The van der Waals surface area contributed by atoms with E-state index in [1.807, 2.05) is 0 Å². The van der Waals surface area contributed by atoms with Crippen LogP contribution in [-0.2, 0) is 21.1 Å². The highest BCUT2D eigenvalue weighted by Crippen LogP contribution is 2.33. The molecule has 0 aromatic carbocycles. The number of carbonyl (C=O) groups is 1. The van der Waals surface area contributed by atoms with Gasteiger partial charge in [-0.15, -0.1) is 11.3 Å². The molecule has 2 N–H and O–H groups in total. The fourth-order valence-electron chi connectivity index (χ4n) is 3.11. The van der Waals surface area contributed by atoms with Crippen LogP contribution in [0.2, 0.25) is 0 Å². The number of amides is 1. The lowest BCUT2D eigenvalue weighted by molar-refractivity contribution is -0.122. The molecule has 1 aromatic rings. The Morgan fingerprint density at radius 2 is 2.33 bits per heavy atom. The van der Waals surface area contributed by atoms with Crippen LogP contribution in [0.5, 0.6) is 0 Å². The Labute approximate surface area is 129 Å². The summed E-state index contributed by atoms with van der Waals surface area (Å²) in [5, 5.41) is 8.26. The number of rotatable bonds is 3. The maximum atomic E-state index is 12.2. The highest BCUT2D eigenvalue weighted by molar-refractivity contribution is 7.91. The summed E-state index contributed by atoms with van der Waals surface area (Å²) in [5.41, 5.74) is 1.24. The van der Waals surface area contributed by atoms with E-state index in [1.165, 1.54) is 10.4 Å². The largest absolute Gasteiger partial charge is 0.349 e. The van der Waals surface area contributed by atoms with E-state index in [4.69, 9.17) is 0 Å². The molecule has 0 radical (unpaired) electrons. The smallest absolute Gasteiger partial charge is 0.222 e. The van der Waals surface area contributed by atoms with E-state index in [-0.39, 0.29) is 35.9 Å². The average Bonchev–Trinajstić information content (AvgIpc) is 2.86. The molecular weight excluding hydrogens is 308 g/mol. The number of thiophene rings is 1. The van der Waals surface area contributed by atoms with Crippen molar-refractivity contribution in [2.45, 2.75) is 37.8 Å². The lowest BCUT2D eigenvalue weighted by Crippen LogP contribution is -2.47. The summed E-state index contributed by atoms with van der Waals surface area (Å²) in [7, 11) is -2.99. The van der Waals surface area contributed by atoms with Gasteiger partial charge < -0.3 is 10.6 Å². The summed E-state index contributed by atoms with van der Waals surface area (Å²) in [6.07, 6.45) is 3.39.